The molecular weight excluding hydrogens is 353 g/mol. The van der Waals surface area contributed by atoms with Crippen molar-refractivity contribution >= 4 is 32.6 Å². The first kappa shape index (κ1) is 16.3. The molecule has 6 nitrogen and oxygen atoms in total. The van der Waals surface area contributed by atoms with Gasteiger partial charge in [0.25, 0.3) is 5.91 Å². The summed E-state index contributed by atoms with van der Waals surface area (Å²) in [6, 6.07) is 14.1. The lowest BCUT2D eigenvalue weighted by Crippen LogP contribution is -2.33. The highest BCUT2D eigenvalue weighted by Gasteiger charge is 2.21. The number of carbonyl (C=O) groups is 1. The Labute approximate surface area is 152 Å². The van der Waals surface area contributed by atoms with Crippen molar-refractivity contribution in [2.45, 2.75) is 13.1 Å². The maximum atomic E-state index is 13.5. The zero-order valence-electron chi connectivity index (χ0n) is 13.6. The standard InChI is InChI=1S/C18H14FN5OS/c19-14-6-7-15-16(8-14)26-18(22-15)24(9-13-4-2-1-3-5-13)17(25)10-23-12-20-11-21-23/h1-8,11-12H,9-10H2. The average Bonchev–Trinajstić information content (AvgIpc) is 3.29. The second kappa shape index (κ2) is 7.01. The Balaban J connectivity index is 1.69. The van der Waals surface area contributed by atoms with Crippen LogP contribution in [0.2, 0.25) is 0 Å². The van der Waals surface area contributed by atoms with Crippen molar-refractivity contribution in [3.63, 3.8) is 0 Å². The highest BCUT2D eigenvalue weighted by molar-refractivity contribution is 7.22. The fourth-order valence-corrected chi connectivity index (χ4v) is 3.58. The Morgan fingerprint density at radius 2 is 2.04 bits per heavy atom. The molecule has 0 spiro atoms. The highest BCUT2D eigenvalue weighted by atomic mass is 32.1. The molecule has 2 heterocycles. The molecule has 0 saturated heterocycles. The topological polar surface area (TPSA) is 63.9 Å². The first-order valence-electron chi connectivity index (χ1n) is 7.92. The van der Waals surface area contributed by atoms with Crippen molar-refractivity contribution < 1.29 is 9.18 Å². The molecule has 0 fully saturated rings. The molecule has 0 atom stereocenters. The van der Waals surface area contributed by atoms with Crippen molar-refractivity contribution in [2.75, 3.05) is 4.90 Å². The van der Waals surface area contributed by atoms with Gasteiger partial charge in [-0.25, -0.2) is 19.0 Å². The molecule has 26 heavy (non-hydrogen) atoms. The number of nitrogens with zero attached hydrogens (tertiary/aromatic N) is 5. The number of anilines is 1. The van der Waals surface area contributed by atoms with Crippen LogP contribution in [0.4, 0.5) is 9.52 Å². The van der Waals surface area contributed by atoms with Crippen molar-refractivity contribution in [1.82, 2.24) is 19.7 Å². The van der Waals surface area contributed by atoms with Gasteiger partial charge in [0.15, 0.2) is 5.13 Å². The Kier molecular flexibility index (Phi) is 4.40. The smallest absolute Gasteiger partial charge is 0.250 e. The third-order valence-electron chi connectivity index (χ3n) is 3.82. The fourth-order valence-electron chi connectivity index (χ4n) is 2.57. The zero-order chi connectivity index (χ0) is 17.9. The molecule has 4 aromatic rings. The molecule has 2 aromatic carbocycles. The van der Waals surface area contributed by atoms with Crippen LogP contribution in [-0.2, 0) is 17.9 Å². The van der Waals surface area contributed by atoms with Crippen LogP contribution in [0.15, 0.2) is 61.2 Å². The molecule has 0 bridgehead atoms. The lowest BCUT2D eigenvalue weighted by molar-refractivity contribution is -0.119. The number of carbonyl (C=O) groups excluding carboxylic acids is 1. The first-order chi connectivity index (χ1) is 12.7. The molecule has 1 amide bonds. The summed E-state index contributed by atoms with van der Waals surface area (Å²) >= 11 is 1.29. The summed E-state index contributed by atoms with van der Waals surface area (Å²) in [5.74, 6) is -0.491. The number of thiazole rings is 1. The van der Waals surface area contributed by atoms with Gasteiger partial charge in [0, 0.05) is 0 Å². The first-order valence-corrected chi connectivity index (χ1v) is 8.73. The van der Waals surface area contributed by atoms with Gasteiger partial charge in [-0.2, -0.15) is 5.10 Å². The van der Waals surface area contributed by atoms with Crippen molar-refractivity contribution in [2.24, 2.45) is 0 Å². The number of benzene rings is 2. The monoisotopic (exact) mass is 367 g/mol. The van der Waals surface area contributed by atoms with Crippen LogP contribution in [0.5, 0.6) is 0 Å². The van der Waals surface area contributed by atoms with Crippen molar-refractivity contribution in [1.29, 1.82) is 0 Å². The van der Waals surface area contributed by atoms with Gasteiger partial charge in [0.2, 0.25) is 0 Å². The highest BCUT2D eigenvalue weighted by Crippen LogP contribution is 2.30. The quantitative estimate of drug-likeness (QED) is 0.543. The molecule has 0 aliphatic carbocycles. The summed E-state index contributed by atoms with van der Waals surface area (Å²) in [6.07, 6.45) is 2.88. The average molecular weight is 367 g/mol. The van der Waals surface area contributed by atoms with E-state index in [4.69, 9.17) is 0 Å². The van der Waals surface area contributed by atoms with E-state index >= 15 is 0 Å². The zero-order valence-corrected chi connectivity index (χ0v) is 14.4. The van der Waals surface area contributed by atoms with Gasteiger partial charge in [-0.3, -0.25) is 9.69 Å². The molecule has 0 aliphatic rings. The molecular formula is C18H14FN5OS. The largest absolute Gasteiger partial charge is 0.282 e. The van der Waals surface area contributed by atoms with E-state index in [0.717, 1.165) is 5.56 Å². The lowest BCUT2D eigenvalue weighted by atomic mass is 10.2. The van der Waals surface area contributed by atoms with Crippen molar-refractivity contribution in [3.05, 3.63) is 72.6 Å². The van der Waals surface area contributed by atoms with Crippen LogP contribution >= 0.6 is 11.3 Å². The molecule has 0 aliphatic heterocycles. The third-order valence-corrected chi connectivity index (χ3v) is 4.86. The summed E-state index contributed by atoms with van der Waals surface area (Å²) in [5, 5.41) is 4.51. The van der Waals surface area contributed by atoms with Gasteiger partial charge in [0.05, 0.1) is 16.8 Å². The number of hydrogen-bond donors (Lipinski definition) is 0. The van der Waals surface area contributed by atoms with Crippen LogP contribution in [0.25, 0.3) is 10.2 Å². The van der Waals surface area contributed by atoms with E-state index in [0.29, 0.717) is 21.9 Å². The summed E-state index contributed by atoms with van der Waals surface area (Å²) in [7, 11) is 0. The predicted molar refractivity (Wildman–Crippen MR) is 97.2 cm³/mol. The number of halogens is 1. The molecule has 130 valence electrons. The second-order valence-electron chi connectivity index (χ2n) is 5.67. The molecule has 0 unspecified atom stereocenters. The molecule has 0 N–H and O–H groups in total. The number of fused-ring (bicyclic) bond motifs is 1. The van der Waals surface area contributed by atoms with E-state index in [-0.39, 0.29) is 18.3 Å². The molecule has 2 aromatic heterocycles. The Hall–Kier alpha value is -3.13. The van der Waals surface area contributed by atoms with E-state index in [1.807, 2.05) is 30.3 Å². The Morgan fingerprint density at radius 1 is 1.19 bits per heavy atom. The second-order valence-corrected chi connectivity index (χ2v) is 6.68. The van der Waals surface area contributed by atoms with Gasteiger partial charge >= 0.3 is 0 Å². The van der Waals surface area contributed by atoms with E-state index in [1.165, 1.54) is 40.8 Å². The van der Waals surface area contributed by atoms with Crippen molar-refractivity contribution in [3.8, 4) is 0 Å². The van der Waals surface area contributed by atoms with Crippen LogP contribution < -0.4 is 4.90 Å². The third kappa shape index (κ3) is 3.45. The minimum atomic E-state index is -0.323. The normalized spacial score (nSPS) is 11.0. The number of rotatable bonds is 5. The van der Waals surface area contributed by atoms with Crippen LogP contribution in [0.3, 0.4) is 0 Å². The van der Waals surface area contributed by atoms with Gasteiger partial charge in [-0.15, -0.1) is 0 Å². The Bertz CT molecular complexity index is 1030. The van der Waals surface area contributed by atoms with E-state index in [1.54, 1.807) is 11.0 Å². The number of hydrogen-bond acceptors (Lipinski definition) is 5. The van der Waals surface area contributed by atoms with E-state index in [9.17, 15) is 9.18 Å². The van der Waals surface area contributed by atoms with E-state index in [2.05, 4.69) is 15.1 Å². The maximum absolute atomic E-state index is 13.5. The summed E-state index contributed by atoms with van der Waals surface area (Å²) < 4.78 is 15.7. The van der Waals surface area contributed by atoms with Gasteiger partial charge in [-0.1, -0.05) is 41.7 Å². The van der Waals surface area contributed by atoms with Gasteiger partial charge in [-0.05, 0) is 23.8 Å². The number of amides is 1. The van der Waals surface area contributed by atoms with Gasteiger partial charge < -0.3 is 0 Å². The summed E-state index contributed by atoms with van der Waals surface area (Å²) in [4.78, 5) is 22.9. The minimum absolute atomic E-state index is 0.0527. The van der Waals surface area contributed by atoms with E-state index < -0.39 is 0 Å². The predicted octanol–water partition coefficient (Wildman–Crippen LogP) is 3.26. The SMILES string of the molecule is O=C(Cn1cncn1)N(Cc1ccccc1)c1nc2ccc(F)cc2s1. The fraction of sp³-hybridized carbons (Fsp3) is 0.111. The summed E-state index contributed by atoms with van der Waals surface area (Å²) in [6.45, 7) is 0.424. The maximum Gasteiger partial charge on any atom is 0.250 e. The van der Waals surface area contributed by atoms with Gasteiger partial charge in [0.1, 0.15) is 25.0 Å². The lowest BCUT2D eigenvalue weighted by Gasteiger charge is -2.20. The Morgan fingerprint density at radius 3 is 2.81 bits per heavy atom. The molecule has 4 rings (SSSR count). The number of aromatic nitrogens is 4. The van der Waals surface area contributed by atoms with Crippen LogP contribution in [0.1, 0.15) is 5.56 Å². The minimum Gasteiger partial charge on any atom is -0.282 e. The van der Waals surface area contributed by atoms with Crippen LogP contribution in [0, 0.1) is 5.82 Å². The summed E-state index contributed by atoms with van der Waals surface area (Å²) in [5.41, 5.74) is 1.64. The molecule has 8 heteroatoms. The molecule has 0 saturated carbocycles. The molecule has 0 radical (unpaired) electrons. The van der Waals surface area contributed by atoms with Crippen LogP contribution in [-0.4, -0.2) is 25.7 Å².